The molecule has 3 rings (SSSR count). The molecule has 2 aliphatic heterocycles. The van der Waals surface area contributed by atoms with E-state index in [9.17, 15) is 23.3 Å². The number of non-ortho nitro benzene ring substituents is 1. The molecule has 1 amide bonds. The fraction of sp³-hybridized carbons (Fsp3) is 0.286. The zero-order valence-electron chi connectivity index (χ0n) is 12.2. The molecule has 0 spiro atoms. The van der Waals surface area contributed by atoms with E-state index in [1.807, 2.05) is 0 Å². The van der Waals surface area contributed by atoms with Crippen molar-refractivity contribution >= 4 is 55.8 Å². The predicted octanol–water partition coefficient (Wildman–Crippen LogP) is 1.98. The van der Waals surface area contributed by atoms with Crippen LogP contribution >= 0.6 is 24.0 Å². The van der Waals surface area contributed by atoms with Gasteiger partial charge in [0, 0.05) is 12.1 Å². The van der Waals surface area contributed by atoms with Crippen LogP contribution in [0.25, 0.3) is 6.08 Å². The number of benzene rings is 1. The first kappa shape index (κ1) is 17.1. The molecular formula is C14H12N2O5S3. The van der Waals surface area contributed by atoms with E-state index in [-0.39, 0.29) is 23.1 Å². The van der Waals surface area contributed by atoms with Crippen LogP contribution in [0.1, 0.15) is 12.0 Å². The SMILES string of the molecule is O=C1/C(=C\c2ccc([N+](=O)[O-])cc2)SC(=S)N1[C@@H]1CCS(=O)(=O)C1. The second-order valence-electron chi connectivity index (χ2n) is 5.46. The number of nitro groups is 1. The molecule has 1 atom stereocenters. The smallest absolute Gasteiger partial charge is 0.269 e. The third kappa shape index (κ3) is 3.35. The van der Waals surface area contributed by atoms with E-state index >= 15 is 0 Å². The van der Waals surface area contributed by atoms with Gasteiger partial charge in [-0.1, -0.05) is 24.0 Å². The summed E-state index contributed by atoms with van der Waals surface area (Å²) in [4.78, 5) is 24.5. The van der Waals surface area contributed by atoms with Crippen molar-refractivity contribution in [2.75, 3.05) is 11.5 Å². The lowest BCUT2D eigenvalue weighted by Crippen LogP contribution is -2.39. The van der Waals surface area contributed by atoms with Crippen LogP contribution in [0.2, 0.25) is 0 Å². The quantitative estimate of drug-likeness (QED) is 0.340. The molecule has 7 nitrogen and oxygen atoms in total. The summed E-state index contributed by atoms with van der Waals surface area (Å²) in [5.41, 5.74) is 0.607. The minimum Gasteiger partial charge on any atom is -0.289 e. The van der Waals surface area contributed by atoms with Crippen LogP contribution in [-0.4, -0.2) is 46.0 Å². The summed E-state index contributed by atoms with van der Waals surface area (Å²) < 4.78 is 23.6. The summed E-state index contributed by atoms with van der Waals surface area (Å²) in [6, 6.07) is 5.40. The van der Waals surface area contributed by atoms with Crippen molar-refractivity contribution < 1.29 is 18.1 Å². The lowest BCUT2D eigenvalue weighted by atomic mass is 10.2. The van der Waals surface area contributed by atoms with Gasteiger partial charge >= 0.3 is 0 Å². The number of carbonyl (C=O) groups excluding carboxylic acids is 1. The van der Waals surface area contributed by atoms with Crippen molar-refractivity contribution in [3.8, 4) is 0 Å². The summed E-state index contributed by atoms with van der Waals surface area (Å²) in [6.07, 6.45) is 1.99. The number of amides is 1. The third-order valence-electron chi connectivity index (χ3n) is 3.80. The van der Waals surface area contributed by atoms with Gasteiger partial charge in [0.2, 0.25) is 0 Å². The summed E-state index contributed by atoms with van der Waals surface area (Å²) in [6.45, 7) is 0. The van der Waals surface area contributed by atoms with Crippen LogP contribution in [0.5, 0.6) is 0 Å². The second kappa shape index (κ2) is 6.26. The average Bonchev–Trinajstić information content (AvgIpc) is 2.99. The highest BCUT2D eigenvalue weighted by Gasteiger charge is 2.42. The molecule has 2 aliphatic rings. The van der Waals surface area contributed by atoms with Crippen LogP contribution < -0.4 is 0 Å². The number of thioether (sulfide) groups is 1. The Morgan fingerprint density at radius 3 is 2.54 bits per heavy atom. The molecule has 126 valence electrons. The van der Waals surface area contributed by atoms with Crippen molar-refractivity contribution in [3.05, 3.63) is 44.8 Å². The fourth-order valence-corrected chi connectivity index (χ4v) is 5.72. The summed E-state index contributed by atoms with van der Waals surface area (Å²) in [5.74, 6) is -0.314. The molecule has 0 aromatic heterocycles. The molecule has 2 saturated heterocycles. The van der Waals surface area contributed by atoms with Gasteiger partial charge in [0.15, 0.2) is 9.84 Å². The molecular weight excluding hydrogens is 372 g/mol. The first-order valence-electron chi connectivity index (χ1n) is 6.99. The molecule has 0 radical (unpaired) electrons. The van der Waals surface area contributed by atoms with E-state index in [0.717, 1.165) is 11.8 Å². The number of sulfone groups is 1. The summed E-state index contributed by atoms with van der Waals surface area (Å²) in [5, 5.41) is 10.7. The Morgan fingerprint density at radius 2 is 2.00 bits per heavy atom. The highest BCUT2D eigenvalue weighted by Crippen LogP contribution is 2.36. The maximum Gasteiger partial charge on any atom is 0.269 e. The van der Waals surface area contributed by atoms with E-state index in [2.05, 4.69) is 0 Å². The minimum atomic E-state index is -3.12. The Kier molecular flexibility index (Phi) is 4.45. The number of carbonyl (C=O) groups is 1. The standard InChI is InChI=1S/C14H12N2O5S3/c17-13-12(7-9-1-3-10(4-2-9)16(18)19)23-14(22)15(13)11-5-6-24(20,21)8-11/h1-4,7,11H,5-6,8H2/b12-7+/t11-/m1/s1. The fourth-order valence-electron chi connectivity index (χ4n) is 2.62. The molecule has 10 heteroatoms. The average molecular weight is 384 g/mol. The molecule has 2 fully saturated rings. The van der Waals surface area contributed by atoms with E-state index in [1.54, 1.807) is 18.2 Å². The van der Waals surface area contributed by atoms with Crippen LogP contribution in [0.15, 0.2) is 29.2 Å². The zero-order valence-corrected chi connectivity index (χ0v) is 14.7. The zero-order chi connectivity index (χ0) is 17.5. The van der Waals surface area contributed by atoms with E-state index in [0.29, 0.717) is 21.2 Å². The van der Waals surface area contributed by atoms with Gasteiger partial charge in [0.05, 0.1) is 27.4 Å². The predicted molar refractivity (Wildman–Crippen MR) is 95.2 cm³/mol. The lowest BCUT2D eigenvalue weighted by molar-refractivity contribution is -0.384. The minimum absolute atomic E-state index is 0.0316. The summed E-state index contributed by atoms with van der Waals surface area (Å²) >= 11 is 6.33. The van der Waals surface area contributed by atoms with Gasteiger partial charge in [-0.2, -0.15) is 0 Å². The normalized spacial score (nSPS) is 24.8. The van der Waals surface area contributed by atoms with E-state index < -0.39 is 20.8 Å². The first-order chi connectivity index (χ1) is 11.3. The number of nitro benzene ring substituents is 1. The van der Waals surface area contributed by atoms with Crippen molar-refractivity contribution in [2.45, 2.75) is 12.5 Å². The van der Waals surface area contributed by atoms with E-state index in [4.69, 9.17) is 12.2 Å². The second-order valence-corrected chi connectivity index (χ2v) is 9.36. The Bertz CT molecular complexity index is 861. The van der Waals surface area contributed by atoms with Crippen LogP contribution in [0.4, 0.5) is 5.69 Å². The number of thiocarbonyl (C=S) groups is 1. The number of nitrogens with zero attached hydrogens (tertiary/aromatic N) is 2. The van der Waals surface area contributed by atoms with Gasteiger partial charge in [-0.25, -0.2) is 8.42 Å². The molecule has 0 aliphatic carbocycles. The lowest BCUT2D eigenvalue weighted by Gasteiger charge is -2.20. The van der Waals surface area contributed by atoms with Crippen molar-refractivity contribution in [1.29, 1.82) is 0 Å². The molecule has 0 N–H and O–H groups in total. The Labute approximate surface area is 147 Å². The molecule has 0 saturated carbocycles. The van der Waals surface area contributed by atoms with Gasteiger partial charge in [-0.05, 0) is 30.2 Å². The molecule has 1 aromatic carbocycles. The molecule has 0 bridgehead atoms. The number of hydrogen-bond acceptors (Lipinski definition) is 7. The number of rotatable bonds is 3. The van der Waals surface area contributed by atoms with Gasteiger partial charge < -0.3 is 0 Å². The maximum atomic E-state index is 12.5. The van der Waals surface area contributed by atoms with Crippen molar-refractivity contribution in [1.82, 2.24) is 4.90 Å². The highest BCUT2D eigenvalue weighted by atomic mass is 32.2. The van der Waals surface area contributed by atoms with Crippen molar-refractivity contribution in [2.24, 2.45) is 0 Å². The van der Waals surface area contributed by atoms with Crippen LogP contribution in [0.3, 0.4) is 0 Å². The van der Waals surface area contributed by atoms with E-state index in [1.165, 1.54) is 17.0 Å². The Balaban J connectivity index is 1.82. The first-order valence-corrected chi connectivity index (χ1v) is 10.0. The van der Waals surface area contributed by atoms with Gasteiger partial charge in [-0.3, -0.25) is 19.8 Å². The Morgan fingerprint density at radius 1 is 1.33 bits per heavy atom. The largest absolute Gasteiger partial charge is 0.289 e. The third-order valence-corrected chi connectivity index (χ3v) is 6.88. The Hall–Kier alpha value is -1.78. The van der Waals surface area contributed by atoms with Crippen LogP contribution in [-0.2, 0) is 14.6 Å². The van der Waals surface area contributed by atoms with Gasteiger partial charge in [-0.15, -0.1) is 0 Å². The van der Waals surface area contributed by atoms with Crippen molar-refractivity contribution in [3.63, 3.8) is 0 Å². The molecule has 0 unspecified atom stereocenters. The maximum absolute atomic E-state index is 12.5. The topological polar surface area (TPSA) is 97.6 Å². The highest BCUT2D eigenvalue weighted by molar-refractivity contribution is 8.26. The van der Waals surface area contributed by atoms with Gasteiger partial charge in [0.1, 0.15) is 4.32 Å². The molecule has 1 aromatic rings. The van der Waals surface area contributed by atoms with Crippen LogP contribution in [0, 0.1) is 10.1 Å². The number of hydrogen-bond donors (Lipinski definition) is 0. The summed E-state index contributed by atoms with van der Waals surface area (Å²) in [7, 11) is -3.12. The molecule has 24 heavy (non-hydrogen) atoms. The van der Waals surface area contributed by atoms with Gasteiger partial charge in [0.25, 0.3) is 11.6 Å². The molecule has 2 heterocycles. The monoisotopic (exact) mass is 384 g/mol.